The minimum atomic E-state index is -0.174. The van der Waals surface area contributed by atoms with Gasteiger partial charge in [0.05, 0.1) is 17.8 Å². The van der Waals surface area contributed by atoms with Crippen LogP contribution in [0.15, 0.2) is 18.3 Å². The molecule has 2 saturated heterocycles. The molecule has 0 radical (unpaired) electrons. The van der Waals surface area contributed by atoms with Crippen molar-refractivity contribution in [3.05, 3.63) is 18.3 Å². The summed E-state index contributed by atoms with van der Waals surface area (Å²) in [5.41, 5.74) is 1.07. The highest BCUT2D eigenvalue weighted by Crippen LogP contribution is 2.17. The number of nitrogens with one attached hydrogen (secondary N) is 3. The first-order valence-electron chi connectivity index (χ1n) is 7.71. The van der Waals surface area contributed by atoms with E-state index in [2.05, 4.69) is 25.8 Å². The Bertz CT molecular complexity index is 529. The lowest BCUT2D eigenvalue weighted by Crippen LogP contribution is -2.43. The number of hydrogen-bond acceptors (Lipinski definition) is 5. The molecular weight excluding hydrogens is 282 g/mol. The number of carbonyl (C=O) groups is 2. The van der Waals surface area contributed by atoms with Crippen molar-refractivity contribution >= 4 is 23.3 Å². The van der Waals surface area contributed by atoms with Crippen LogP contribution >= 0.6 is 0 Å². The molecule has 0 spiro atoms. The number of carbonyl (C=O) groups excluding carboxylic acids is 2. The van der Waals surface area contributed by atoms with Crippen molar-refractivity contribution in [3.63, 3.8) is 0 Å². The first-order chi connectivity index (χ1) is 10.7. The standard InChI is InChI=1S/C15H21N5O2/c21-14-4-1-11(9-18-14)15(22)19-13-3-2-12(10-17-13)20-7-5-16-6-8-20/h2-3,10-11,16H,1,4-9H2,(H,18,21)(H,17,19,22). The summed E-state index contributed by atoms with van der Waals surface area (Å²) >= 11 is 0. The van der Waals surface area contributed by atoms with Crippen LogP contribution in [0.5, 0.6) is 0 Å². The summed E-state index contributed by atoms with van der Waals surface area (Å²) in [7, 11) is 0. The third-order valence-electron chi connectivity index (χ3n) is 4.12. The molecule has 7 nitrogen and oxygen atoms in total. The van der Waals surface area contributed by atoms with Crippen molar-refractivity contribution in [2.75, 3.05) is 42.9 Å². The van der Waals surface area contributed by atoms with Crippen molar-refractivity contribution in [3.8, 4) is 0 Å². The Labute approximate surface area is 129 Å². The van der Waals surface area contributed by atoms with Gasteiger partial charge >= 0.3 is 0 Å². The van der Waals surface area contributed by atoms with Crippen LogP contribution in [-0.2, 0) is 9.59 Å². The third kappa shape index (κ3) is 3.54. The van der Waals surface area contributed by atoms with Gasteiger partial charge < -0.3 is 20.9 Å². The van der Waals surface area contributed by atoms with Gasteiger partial charge in [-0.05, 0) is 18.6 Å². The summed E-state index contributed by atoms with van der Waals surface area (Å²) in [5.74, 6) is 0.318. The minimum absolute atomic E-state index is 0.0162. The molecule has 0 saturated carbocycles. The van der Waals surface area contributed by atoms with E-state index in [4.69, 9.17) is 0 Å². The van der Waals surface area contributed by atoms with Gasteiger partial charge in [0.25, 0.3) is 0 Å². The van der Waals surface area contributed by atoms with Gasteiger partial charge in [-0.15, -0.1) is 0 Å². The molecule has 0 aromatic carbocycles. The van der Waals surface area contributed by atoms with E-state index in [0.29, 0.717) is 25.2 Å². The van der Waals surface area contributed by atoms with Crippen LogP contribution in [0, 0.1) is 5.92 Å². The molecule has 0 aliphatic carbocycles. The van der Waals surface area contributed by atoms with E-state index in [1.54, 1.807) is 6.20 Å². The molecule has 1 aromatic rings. The van der Waals surface area contributed by atoms with Gasteiger partial charge in [0.2, 0.25) is 11.8 Å². The van der Waals surface area contributed by atoms with Crippen LogP contribution in [0.4, 0.5) is 11.5 Å². The summed E-state index contributed by atoms with van der Waals surface area (Å²) in [4.78, 5) is 29.8. The second-order valence-electron chi connectivity index (χ2n) is 5.67. The van der Waals surface area contributed by atoms with E-state index in [0.717, 1.165) is 31.9 Å². The zero-order valence-electron chi connectivity index (χ0n) is 12.5. The maximum atomic E-state index is 12.1. The van der Waals surface area contributed by atoms with Gasteiger partial charge in [0.1, 0.15) is 5.82 Å². The number of rotatable bonds is 3. The van der Waals surface area contributed by atoms with Crippen LogP contribution in [0.3, 0.4) is 0 Å². The normalized spacial score (nSPS) is 22.1. The van der Waals surface area contributed by atoms with E-state index in [-0.39, 0.29) is 17.7 Å². The Hall–Kier alpha value is -2.15. The monoisotopic (exact) mass is 303 g/mol. The number of piperidine rings is 1. The summed E-state index contributed by atoms with van der Waals surface area (Å²) in [6.07, 6.45) is 2.80. The van der Waals surface area contributed by atoms with Crippen molar-refractivity contribution in [2.24, 2.45) is 5.92 Å². The zero-order chi connectivity index (χ0) is 15.4. The molecule has 1 atom stereocenters. The molecule has 2 amide bonds. The molecule has 3 heterocycles. The van der Waals surface area contributed by atoms with Crippen LogP contribution in [0.2, 0.25) is 0 Å². The van der Waals surface area contributed by atoms with E-state index in [1.165, 1.54) is 0 Å². The molecule has 3 N–H and O–H groups in total. The van der Waals surface area contributed by atoms with Crippen LogP contribution in [0.25, 0.3) is 0 Å². The third-order valence-corrected chi connectivity index (χ3v) is 4.12. The molecular formula is C15H21N5O2. The number of amides is 2. The predicted molar refractivity (Wildman–Crippen MR) is 83.7 cm³/mol. The Kier molecular flexibility index (Phi) is 4.53. The minimum Gasteiger partial charge on any atom is -0.368 e. The average molecular weight is 303 g/mol. The lowest BCUT2D eigenvalue weighted by Gasteiger charge is -2.29. The summed E-state index contributed by atoms with van der Waals surface area (Å²) in [5, 5.41) is 8.85. The Morgan fingerprint density at radius 1 is 1.32 bits per heavy atom. The maximum absolute atomic E-state index is 12.1. The number of anilines is 2. The topological polar surface area (TPSA) is 86.4 Å². The first-order valence-corrected chi connectivity index (χ1v) is 7.71. The average Bonchev–Trinajstić information content (AvgIpc) is 2.57. The van der Waals surface area contributed by atoms with Gasteiger partial charge in [0.15, 0.2) is 0 Å². The Balaban J connectivity index is 1.56. The fraction of sp³-hybridized carbons (Fsp3) is 0.533. The fourth-order valence-corrected chi connectivity index (χ4v) is 2.75. The Morgan fingerprint density at radius 2 is 2.14 bits per heavy atom. The van der Waals surface area contributed by atoms with Crippen molar-refractivity contribution in [1.29, 1.82) is 0 Å². The number of hydrogen-bond donors (Lipinski definition) is 3. The van der Waals surface area contributed by atoms with Gasteiger partial charge in [0, 0.05) is 39.1 Å². The lowest BCUT2D eigenvalue weighted by atomic mass is 9.98. The van der Waals surface area contributed by atoms with Crippen LogP contribution < -0.4 is 20.9 Å². The van der Waals surface area contributed by atoms with Gasteiger partial charge in [-0.3, -0.25) is 9.59 Å². The van der Waals surface area contributed by atoms with Crippen molar-refractivity contribution in [2.45, 2.75) is 12.8 Å². The summed E-state index contributed by atoms with van der Waals surface area (Å²) < 4.78 is 0. The SMILES string of the molecule is O=C1CCC(C(=O)Nc2ccc(N3CCNCC3)cn2)CN1. The smallest absolute Gasteiger partial charge is 0.230 e. The highest BCUT2D eigenvalue weighted by Gasteiger charge is 2.24. The zero-order valence-corrected chi connectivity index (χ0v) is 12.5. The number of nitrogens with zero attached hydrogens (tertiary/aromatic N) is 2. The largest absolute Gasteiger partial charge is 0.368 e. The molecule has 1 aromatic heterocycles. The molecule has 118 valence electrons. The fourth-order valence-electron chi connectivity index (χ4n) is 2.75. The molecule has 1 unspecified atom stereocenters. The number of pyridine rings is 1. The number of aromatic nitrogens is 1. The maximum Gasteiger partial charge on any atom is 0.230 e. The van der Waals surface area contributed by atoms with Gasteiger partial charge in [-0.1, -0.05) is 0 Å². The highest BCUT2D eigenvalue weighted by atomic mass is 16.2. The van der Waals surface area contributed by atoms with E-state index >= 15 is 0 Å². The van der Waals surface area contributed by atoms with Gasteiger partial charge in [-0.25, -0.2) is 4.98 Å². The predicted octanol–water partition coefficient (Wildman–Crippen LogP) is -0.0441. The molecule has 2 fully saturated rings. The van der Waals surface area contributed by atoms with Crippen molar-refractivity contribution < 1.29 is 9.59 Å². The summed E-state index contributed by atoms with van der Waals surface area (Å²) in [6.45, 7) is 4.30. The molecule has 7 heteroatoms. The lowest BCUT2D eigenvalue weighted by molar-refractivity contribution is -0.126. The van der Waals surface area contributed by atoms with Crippen LogP contribution in [-0.4, -0.2) is 49.5 Å². The van der Waals surface area contributed by atoms with Gasteiger partial charge in [-0.2, -0.15) is 0 Å². The molecule has 2 aliphatic heterocycles. The Morgan fingerprint density at radius 3 is 2.77 bits per heavy atom. The molecule has 3 rings (SSSR count). The summed E-state index contributed by atoms with van der Waals surface area (Å²) in [6, 6.07) is 3.81. The van der Waals surface area contributed by atoms with Crippen molar-refractivity contribution in [1.82, 2.24) is 15.6 Å². The molecule has 22 heavy (non-hydrogen) atoms. The molecule has 0 bridgehead atoms. The number of piperazine rings is 1. The van der Waals surface area contributed by atoms with E-state index in [1.807, 2.05) is 12.1 Å². The molecule has 2 aliphatic rings. The first kappa shape index (κ1) is 14.8. The second kappa shape index (κ2) is 6.74. The van der Waals surface area contributed by atoms with E-state index in [9.17, 15) is 9.59 Å². The quantitative estimate of drug-likeness (QED) is 0.729. The highest BCUT2D eigenvalue weighted by molar-refractivity contribution is 5.93. The van der Waals surface area contributed by atoms with E-state index < -0.39 is 0 Å². The second-order valence-corrected chi connectivity index (χ2v) is 5.67. The van der Waals surface area contributed by atoms with Crippen LogP contribution in [0.1, 0.15) is 12.8 Å².